The summed E-state index contributed by atoms with van der Waals surface area (Å²) in [4.78, 5) is 11.8. The van der Waals surface area contributed by atoms with Crippen molar-refractivity contribution in [3.63, 3.8) is 0 Å². The number of hydrogen-bond donors (Lipinski definition) is 2. The zero-order valence-electron chi connectivity index (χ0n) is 10.4. The molecule has 2 N–H and O–H groups in total. The predicted molar refractivity (Wildman–Crippen MR) is 77.5 cm³/mol. The molecule has 3 nitrogen and oxygen atoms in total. The Balaban J connectivity index is 0.00000180. The second-order valence-electron chi connectivity index (χ2n) is 4.57. The average molecular weight is 307 g/mol. The molecule has 6 heteroatoms. The van der Waals surface area contributed by atoms with E-state index in [0.29, 0.717) is 18.0 Å². The molecule has 0 radical (unpaired) electrons. The summed E-state index contributed by atoms with van der Waals surface area (Å²) in [6, 6.07) is 4.20. The Morgan fingerprint density at radius 3 is 2.74 bits per heavy atom. The van der Waals surface area contributed by atoms with E-state index in [9.17, 15) is 9.18 Å². The van der Waals surface area contributed by atoms with Crippen molar-refractivity contribution in [2.45, 2.75) is 19.3 Å². The van der Waals surface area contributed by atoms with Gasteiger partial charge in [-0.2, -0.15) is 0 Å². The first-order chi connectivity index (χ1) is 8.65. The fourth-order valence-electron chi connectivity index (χ4n) is 2.13. The van der Waals surface area contributed by atoms with Gasteiger partial charge in [-0.05, 0) is 50.0 Å². The molecule has 0 bridgehead atoms. The van der Waals surface area contributed by atoms with Crippen LogP contribution >= 0.6 is 24.0 Å². The SMILES string of the molecule is Cl.O=C(CC1CCNCC1)Nc1ccc(F)c(Cl)c1. The highest BCUT2D eigenvalue weighted by atomic mass is 35.5. The number of carbonyl (C=O) groups excluding carboxylic acids is 1. The van der Waals surface area contributed by atoms with Crippen LogP contribution in [0, 0.1) is 11.7 Å². The lowest BCUT2D eigenvalue weighted by molar-refractivity contribution is -0.117. The van der Waals surface area contributed by atoms with Gasteiger partial charge in [-0.1, -0.05) is 11.6 Å². The molecule has 0 atom stereocenters. The number of anilines is 1. The highest BCUT2D eigenvalue weighted by Gasteiger charge is 2.16. The van der Waals surface area contributed by atoms with E-state index < -0.39 is 5.82 Å². The minimum absolute atomic E-state index is 0. The minimum Gasteiger partial charge on any atom is -0.326 e. The number of carbonyl (C=O) groups is 1. The third kappa shape index (κ3) is 4.97. The molecule has 1 aliphatic rings. The molecule has 0 saturated carbocycles. The number of amides is 1. The maximum absolute atomic E-state index is 13.0. The van der Waals surface area contributed by atoms with Gasteiger partial charge in [0.25, 0.3) is 0 Å². The second-order valence-corrected chi connectivity index (χ2v) is 4.98. The molecular formula is C13H17Cl2FN2O. The van der Waals surface area contributed by atoms with Gasteiger partial charge in [0, 0.05) is 12.1 Å². The molecule has 1 amide bonds. The second kappa shape index (κ2) is 7.68. The Labute approximate surface area is 123 Å². The highest BCUT2D eigenvalue weighted by molar-refractivity contribution is 6.31. The summed E-state index contributed by atoms with van der Waals surface area (Å²) in [5.74, 6) is -0.0836. The topological polar surface area (TPSA) is 41.1 Å². The average Bonchev–Trinajstić information content (AvgIpc) is 2.35. The maximum atomic E-state index is 13.0. The van der Waals surface area contributed by atoms with Crippen LogP contribution in [0.1, 0.15) is 19.3 Å². The summed E-state index contributed by atoms with van der Waals surface area (Å²) in [5.41, 5.74) is 0.542. The number of hydrogen-bond acceptors (Lipinski definition) is 2. The summed E-state index contributed by atoms with van der Waals surface area (Å²) in [6.07, 6.45) is 2.56. The van der Waals surface area contributed by atoms with Gasteiger partial charge >= 0.3 is 0 Å². The van der Waals surface area contributed by atoms with E-state index >= 15 is 0 Å². The molecule has 1 fully saturated rings. The minimum atomic E-state index is -0.479. The number of benzene rings is 1. The third-order valence-electron chi connectivity index (χ3n) is 3.14. The van der Waals surface area contributed by atoms with Crippen LogP contribution in [0.4, 0.5) is 10.1 Å². The van der Waals surface area contributed by atoms with Crippen molar-refractivity contribution in [1.29, 1.82) is 0 Å². The van der Waals surface area contributed by atoms with E-state index in [0.717, 1.165) is 25.9 Å². The van der Waals surface area contributed by atoms with Crippen molar-refractivity contribution in [2.24, 2.45) is 5.92 Å². The molecule has 2 rings (SSSR count). The zero-order chi connectivity index (χ0) is 13.0. The highest BCUT2D eigenvalue weighted by Crippen LogP contribution is 2.21. The predicted octanol–water partition coefficient (Wildman–Crippen LogP) is 3.23. The summed E-state index contributed by atoms with van der Waals surface area (Å²) in [6.45, 7) is 1.95. The van der Waals surface area contributed by atoms with Crippen LogP contribution in [0.5, 0.6) is 0 Å². The molecule has 1 aromatic carbocycles. The van der Waals surface area contributed by atoms with E-state index in [2.05, 4.69) is 10.6 Å². The molecular weight excluding hydrogens is 290 g/mol. The van der Waals surface area contributed by atoms with Gasteiger partial charge in [0.1, 0.15) is 5.82 Å². The van der Waals surface area contributed by atoms with E-state index in [1.165, 1.54) is 18.2 Å². The van der Waals surface area contributed by atoms with Gasteiger partial charge in [-0.3, -0.25) is 4.79 Å². The largest absolute Gasteiger partial charge is 0.326 e. The number of halogens is 3. The van der Waals surface area contributed by atoms with Crippen LogP contribution in [0.3, 0.4) is 0 Å². The van der Waals surface area contributed by atoms with Crippen LogP contribution in [-0.4, -0.2) is 19.0 Å². The zero-order valence-corrected chi connectivity index (χ0v) is 12.0. The number of rotatable bonds is 3. The normalized spacial score (nSPS) is 15.7. The van der Waals surface area contributed by atoms with Gasteiger partial charge in [0.15, 0.2) is 0 Å². The van der Waals surface area contributed by atoms with Crippen molar-refractivity contribution < 1.29 is 9.18 Å². The summed E-state index contributed by atoms with van der Waals surface area (Å²) in [7, 11) is 0. The monoisotopic (exact) mass is 306 g/mol. The number of piperidine rings is 1. The first-order valence-corrected chi connectivity index (χ1v) is 6.48. The lowest BCUT2D eigenvalue weighted by atomic mass is 9.94. The first kappa shape index (κ1) is 16.2. The molecule has 1 aromatic rings. The van der Waals surface area contributed by atoms with Gasteiger partial charge in [-0.25, -0.2) is 4.39 Å². The first-order valence-electron chi connectivity index (χ1n) is 6.11. The lowest BCUT2D eigenvalue weighted by Crippen LogP contribution is -2.30. The molecule has 19 heavy (non-hydrogen) atoms. The van der Waals surface area contributed by atoms with Gasteiger partial charge in [0.2, 0.25) is 5.91 Å². The van der Waals surface area contributed by atoms with Gasteiger partial charge < -0.3 is 10.6 Å². The fraction of sp³-hybridized carbons (Fsp3) is 0.462. The van der Waals surface area contributed by atoms with Crippen LogP contribution in [0.25, 0.3) is 0 Å². The lowest BCUT2D eigenvalue weighted by Gasteiger charge is -2.21. The van der Waals surface area contributed by atoms with Crippen molar-refractivity contribution >= 4 is 35.6 Å². The molecule has 0 aromatic heterocycles. The Kier molecular flexibility index (Phi) is 6.55. The fourth-order valence-corrected chi connectivity index (χ4v) is 2.31. The molecule has 1 saturated heterocycles. The summed E-state index contributed by atoms with van der Waals surface area (Å²) in [5, 5.41) is 6.03. The van der Waals surface area contributed by atoms with Crippen molar-refractivity contribution in [1.82, 2.24) is 5.32 Å². The van der Waals surface area contributed by atoms with E-state index in [-0.39, 0.29) is 23.3 Å². The van der Waals surface area contributed by atoms with Crippen LogP contribution in [-0.2, 0) is 4.79 Å². The Hall–Kier alpha value is -0.840. The smallest absolute Gasteiger partial charge is 0.224 e. The standard InChI is InChI=1S/C13H16ClFN2O.ClH/c14-11-8-10(1-2-12(11)15)17-13(18)7-9-3-5-16-6-4-9;/h1-2,8-9,16H,3-7H2,(H,17,18);1H. The van der Waals surface area contributed by atoms with Crippen LogP contribution in [0.15, 0.2) is 18.2 Å². The maximum Gasteiger partial charge on any atom is 0.224 e. The quantitative estimate of drug-likeness (QED) is 0.900. The van der Waals surface area contributed by atoms with Crippen molar-refractivity contribution in [2.75, 3.05) is 18.4 Å². The van der Waals surface area contributed by atoms with E-state index in [1.807, 2.05) is 0 Å². The molecule has 0 unspecified atom stereocenters. The molecule has 0 spiro atoms. The molecule has 1 aliphatic heterocycles. The van der Waals surface area contributed by atoms with Gasteiger partial charge in [0.05, 0.1) is 5.02 Å². The molecule has 0 aliphatic carbocycles. The van der Waals surface area contributed by atoms with Crippen molar-refractivity contribution in [3.8, 4) is 0 Å². The Bertz CT molecular complexity index is 437. The van der Waals surface area contributed by atoms with E-state index in [1.54, 1.807) is 0 Å². The van der Waals surface area contributed by atoms with Crippen LogP contribution < -0.4 is 10.6 Å². The Morgan fingerprint density at radius 2 is 2.11 bits per heavy atom. The van der Waals surface area contributed by atoms with Crippen LogP contribution in [0.2, 0.25) is 5.02 Å². The van der Waals surface area contributed by atoms with Gasteiger partial charge in [-0.15, -0.1) is 12.4 Å². The summed E-state index contributed by atoms with van der Waals surface area (Å²) < 4.78 is 13.0. The van der Waals surface area contributed by atoms with E-state index in [4.69, 9.17) is 11.6 Å². The Morgan fingerprint density at radius 1 is 1.42 bits per heavy atom. The molecule has 1 heterocycles. The third-order valence-corrected chi connectivity index (χ3v) is 3.43. The number of nitrogens with one attached hydrogen (secondary N) is 2. The van der Waals surface area contributed by atoms with Crippen molar-refractivity contribution in [3.05, 3.63) is 29.0 Å². The molecule has 106 valence electrons. The summed E-state index contributed by atoms with van der Waals surface area (Å²) >= 11 is 5.65.